The molecule has 1 N–H and O–H groups in total. The van der Waals surface area contributed by atoms with Crippen molar-refractivity contribution in [1.82, 2.24) is 4.90 Å². The highest BCUT2D eigenvalue weighted by Crippen LogP contribution is 2.31. The fraction of sp³-hybridized carbons (Fsp3) is 0.562. The van der Waals surface area contributed by atoms with Crippen molar-refractivity contribution in [1.29, 1.82) is 0 Å². The minimum absolute atomic E-state index is 0.0910. The third kappa shape index (κ3) is 4.19. The van der Waals surface area contributed by atoms with Crippen molar-refractivity contribution in [3.8, 4) is 0 Å². The van der Waals surface area contributed by atoms with E-state index < -0.39 is 0 Å². The molecule has 0 radical (unpaired) electrons. The first-order valence-electron chi connectivity index (χ1n) is 7.24. The van der Waals surface area contributed by atoms with Crippen molar-refractivity contribution in [3.63, 3.8) is 0 Å². The topological polar surface area (TPSA) is 59.0 Å². The molecule has 1 aromatic rings. The Morgan fingerprint density at radius 2 is 1.95 bits per heavy atom. The summed E-state index contributed by atoms with van der Waals surface area (Å²) in [5.41, 5.74) is 0.761. The molecule has 2 rings (SSSR count). The molecule has 0 saturated carbocycles. The highest BCUT2D eigenvalue weighted by Gasteiger charge is 2.35. The first-order valence-corrected chi connectivity index (χ1v) is 7.24. The van der Waals surface area contributed by atoms with Crippen molar-refractivity contribution in [2.45, 2.75) is 19.4 Å². The molecule has 0 aromatic heterocycles. The van der Waals surface area contributed by atoms with Gasteiger partial charge < -0.3 is 19.5 Å². The first-order chi connectivity index (χ1) is 10.2. The molecule has 1 fully saturated rings. The minimum Gasteiger partial charge on any atom is -0.445 e. The summed E-state index contributed by atoms with van der Waals surface area (Å²) in [6.45, 7) is 2.10. The SMILES string of the molecule is COCC1(CO)CCN(C(=O)OCc2ccccc2)CC1. The number of methoxy groups -OCH3 is 1. The largest absolute Gasteiger partial charge is 0.445 e. The van der Waals surface area contributed by atoms with Gasteiger partial charge in [-0.15, -0.1) is 0 Å². The summed E-state index contributed by atoms with van der Waals surface area (Å²) < 4.78 is 10.5. The molecule has 0 aliphatic carbocycles. The van der Waals surface area contributed by atoms with E-state index in [9.17, 15) is 9.90 Å². The fourth-order valence-corrected chi connectivity index (χ4v) is 2.63. The van der Waals surface area contributed by atoms with Gasteiger partial charge in [-0.3, -0.25) is 0 Å². The standard InChI is InChI=1S/C16H23NO4/c1-20-13-16(12-18)7-9-17(10-8-16)15(19)21-11-14-5-3-2-4-6-14/h2-6,18H,7-13H2,1H3. The average Bonchev–Trinajstić information content (AvgIpc) is 2.54. The van der Waals surface area contributed by atoms with Crippen LogP contribution in [0.3, 0.4) is 0 Å². The van der Waals surface area contributed by atoms with E-state index in [-0.39, 0.29) is 18.1 Å². The number of benzene rings is 1. The van der Waals surface area contributed by atoms with Gasteiger partial charge in [0.15, 0.2) is 0 Å². The molecule has 1 aromatic carbocycles. The molecule has 1 aliphatic rings. The van der Waals surface area contributed by atoms with Crippen LogP contribution in [0, 0.1) is 5.41 Å². The van der Waals surface area contributed by atoms with Gasteiger partial charge in [-0.05, 0) is 18.4 Å². The van der Waals surface area contributed by atoms with Gasteiger partial charge in [-0.2, -0.15) is 0 Å². The van der Waals surface area contributed by atoms with Crippen LogP contribution in [-0.4, -0.2) is 49.5 Å². The van der Waals surface area contributed by atoms with Gasteiger partial charge in [0.05, 0.1) is 13.2 Å². The predicted molar refractivity (Wildman–Crippen MR) is 78.8 cm³/mol. The molecule has 1 aliphatic heterocycles. The Bertz CT molecular complexity index is 441. The highest BCUT2D eigenvalue weighted by atomic mass is 16.6. The van der Waals surface area contributed by atoms with E-state index in [2.05, 4.69) is 0 Å². The van der Waals surface area contributed by atoms with E-state index in [4.69, 9.17) is 9.47 Å². The maximum Gasteiger partial charge on any atom is 0.410 e. The van der Waals surface area contributed by atoms with E-state index >= 15 is 0 Å². The number of rotatable bonds is 5. The number of hydrogen-bond donors (Lipinski definition) is 1. The van der Waals surface area contributed by atoms with Gasteiger partial charge in [-0.1, -0.05) is 30.3 Å². The Morgan fingerprint density at radius 3 is 2.52 bits per heavy atom. The number of aliphatic hydroxyl groups is 1. The monoisotopic (exact) mass is 293 g/mol. The number of amides is 1. The van der Waals surface area contributed by atoms with Gasteiger partial charge >= 0.3 is 6.09 Å². The third-order valence-electron chi connectivity index (χ3n) is 4.07. The predicted octanol–water partition coefficient (Wildman–Crippen LogP) is 2.04. The van der Waals surface area contributed by atoms with Gasteiger partial charge in [0.1, 0.15) is 6.61 Å². The minimum atomic E-state index is -0.289. The van der Waals surface area contributed by atoms with Crippen molar-refractivity contribution in [2.24, 2.45) is 5.41 Å². The number of ether oxygens (including phenoxy) is 2. The molecule has 0 atom stereocenters. The van der Waals surface area contributed by atoms with Crippen LogP contribution in [0.25, 0.3) is 0 Å². The molecule has 1 amide bonds. The molecule has 0 unspecified atom stereocenters. The van der Waals surface area contributed by atoms with Crippen LogP contribution < -0.4 is 0 Å². The number of hydrogen-bond acceptors (Lipinski definition) is 4. The maximum atomic E-state index is 12.0. The van der Waals surface area contributed by atoms with E-state index in [1.54, 1.807) is 12.0 Å². The lowest BCUT2D eigenvalue weighted by Gasteiger charge is -2.39. The van der Waals surface area contributed by atoms with Crippen LogP contribution in [0.5, 0.6) is 0 Å². The molecular formula is C16H23NO4. The molecule has 21 heavy (non-hydrogen) atoms. The summed E-state index contributed by atoms with van der Waals surface area (Å²) in [7, 11) is 1.64. The van der Waals surface area contributed by atoms with Gasteiger partial charge in [0.25, 0.3) is 0 Å². The zero-order valence-corrected chi connectivity index (χ0v) is 12.5. The second-order valence-corrected chi connectivity index (χ2v) is 5.62. The molecular weight excluding hydrogens is 270 g/mol. The van der Waals surface area contributed by atoms with Crippen LogP contribution in [-0.2, 0) is 16.1 Å². The molecule has 1 saturated heterocycles. The second kappa shape index (κ2) is 7.43. The van der Waals surface area contributed by atoms with Crippen molar-refractivity contribution in [3.05, 3.63) is 35.9 Å². The van der Waals surface area contributed by atoms with Crippen molar-refractivity contribution >= 4 is 6.09 Å². The normalized spacial score (nSPS) is 17.5. The Balaban J connectivity index is 1.80. The number of carbonyl (C=O) groups excluding carboxylic acids is 1. The van der Waals surface area contributed by atoms with Gasteiger partial charge in [-0.25, -0.2) is 4.79 Å². The lowest BCUT2D eigenvalue weighted by molar-refractivity contribution is -0.0179. The summed E-state index contributed by atoms with van der Waals surface area (Å²) in [4.78, 5) is 13.7. The lowest BCUT2D eigenvalue weighted by Crippen LogP contribution is -2.46. The molecule has 5 heteroatoms. The van der Waals surface area contributed by atoms with Crippen LogP contribution in [0.1, 0.15) is 18.4 Å². The Morgan fingerprint density at radius 1 is 1.29 bits per heavy atom. The average molecular weight is 293 g/mol. The fourth-order valence-electron chi connectivity index (χ4n) is 2.63. The van der Waals surface area contributed by atoms with Crippen LogP contribution in [0.15, 0.2) is 30.3 Å². The number of likely N-dealkylation sites (tertiary alicyclic amines) is 1. The van der Waals surface area contributed by atoms with Gasteiger partial charge in [0, 0.05) is 25.6 Å². The smallest absolute Gasteiger partial charge is 0.410 e. The Labute approximate surface area is 125 Å². The van der Waals surface area contributed by atoms with Crippen molar-refractivity contribution < 1.29 is 19.4 Å². The molecule has 116 valence electrons. The number of piperidine rings is 1. The summed E-state index contributed by atoms with van der Waals surface area (Å²) in [5, 5.41) is 9.53. The lowest BCUT2D eigenvalue weighted by atomic mass is 9.80. The molecule has 0 spiro atoms. The summed E-state index contributed by atoms with van der Waals surface area (Å²) in [5.74, 6) is 0. The maximum absolute atomic E-state index is 12.0. The Hall–Kier alpha value is -1.59. The number of aliphatic hydroxyl groups excluding tert-OH is 1. The summed E-state index contributed by atoms with van der Waals surface area (Å²) >= 11 is 0. The molecule has 0 bridgehead atoms. The van der Waals surface area contributed by atoms with E-state index in [0.29, 0.717) is 26.3 Å². The molecule has 5 nitrogen and oxygen atoms in total. The van der Waals surface area contributed by atoms with E-state index in [1.807, 2.05) is 30.3 Å². The van der Waals surface area contributed by atoms with Gasteiger partial charge in [0.2, 0.25) is 0 Å². The van der Waals surface area contributed by atoms with E-state index in [0.717, 1.165) is 18.4 Å². The quantitative estimate of drug-likeness (QED) is 0.902. The van der Waals surface area contributed by atoms with Crippen LogP contribution in [0.2, 0.25) is 0 Å². The third-order valence-corrected chi connectivity index (χ3v) is 4.07. The highest BCUT2D eigenvalue weighted by molar-refractivity contribution is 5.67. The van der Waals surface area contributed by atoms with E-state index in [1.165, 1.54) is 0 Å². The van der Waals surface area contributed by atoms with Crippen molar-refractivity contribution in [2.75, 3.05) is 33.4 Å². The van der Waals surface area contributed by atoms with Crippen LogP contribution >= 0.6 is 0 Å². The van der Waals surface area contributed by atoms with Crippen LogP contribution in [0.4, 0.5) is 4.79 Å². The molecule has 1 heterocycles. The summed E-state index contributed by atoms with van der Waals surface area (Å²) in [6.07, 6.45) is 1.18. The number of nitrogens with zero attached hydrogens (tertiary/aromatic N) is 1. The zero-order valence-electron chi connectivity index (χ0n) is 12.5. The first kappa shape index (κ1) is 15.8. The number of carbonyl (C=O) groups is 1. The second-order valence-electron chi connectivity index (χ2n) is 5.62. The zero-order chi connectivity index (χ0) is 15.1. The summed E-state index contributed by atoms with van der Waals surface area (Å²) in [6, 6.07) is 9.63. The Kier molecular flexibility index (Phi) is 5.59.